The minimum atomic E-state index is -0.488. The number of amides is 1. The summed E-state index contributed by atoms with van der Waals surface area (Å²) >= 11 is 9.82. The molecule has 1 fully saturated rings. The number of fused-ring (bicyclic) bond motifs is 5. The normalized spacial score (nSPS) is 19.4. The van der Waals surface area contributed by atoms with Crippen LogP contribution in [-0.2, 0) is 4.74 Å². The molecule has 1 N–H and O–H groups in total. The number of pyridine rings is 1. The molecule has 0 bridgehead atoms. The van der Waals surface area contributed by atoms with Gasteiger partial charge in [-0.2, -0.15) is 0 Å². The number of hydrogen-bond acceptors (Lipinski definition) is 5. The fourth-order valence-corrected chi connectivity index (χ4v) is 4.15. The van der Waals surface area contributed by atoms with Gasteiger partial charge in [0.25, 0.3) is 0 Å². The predicted molar refractivity (Wildman–Crippen MR) is 112 cm³/mol. The zero-order chi connectivity index (χ0) is 19.3. The molecule has 6 nitrogen and oxygen atoms in total. The Hall–Kier alpha value is -1.73. The van der Waals surface area contributed by atoms with Crippen LogP contribution >= 0.6 is 27.5 Å². The van der Waals surface area contributed by atoms with Crippen LogP contribution in [0.25, 0.3) is 10.9 Å². The van der Waals surface area contributed by atoms with E-state index in [0.717, 1.165) is 39.8 Å². The maximum atomic E-state index is 12.5. The quantitative estimate of drug-likeness (QED) is 0.636. The SMILES string of the molecule is CC(C)(C)OC(=O)N1CCN2c3c(cnc4cc(Br)c(Cl)cc34)NC[C@H]2C1. The Morgan fingerprint density at radius 1 is 1.37 bits per heavy atom. The second kappa shape index (κ2) is 6.71. The summed E-state index contributed by atoms with van der Waals surface area (Å²) in [6.45, 7) is 8.41. The second-order valence-corrected chi connectivity index (χ2v) is 9.22. The number of rotatable bonds is 0. The number of benzene rings is 1. The van der Waals surface area contributed by atoms with Crippen molar-refractivity contribution in [2.45, 2.75) is 32.4 Å². The number of nitrogens with zero attached hydrogens (tertiary/aromatic N) is 3. The van der Waals surface area contributed by atoms with Gasteiger partial charge in [0.2, 0.25) is 0 Å². The highest BCUT2D eigenvalue weighted by Gasteiger charge is 2.36. The first kappa shape index (κ1) is 18.6. The molecular weight excluding hydrogens is 432 g/mol. The Labute approximate surface area is 171 Å². The smallest absolute Gasteiger partial charge is 0.410 e. The molecule has 1 aromatic carbocycles. The van der Waals surface area contributed by atoms with Gasteiger partial charge < -0.3 is 19.9 Å². The van der Waals surface area contributed by atoms with Crippen molar-refractivity contribution >= 4 is 55.9 Å². The van der Waals surface area contributed by atoms with Crippen molar-refractivity contribution in [3.8, 4) is 0 Å². The van der Waals surface area contributed by atoms with Gasteiger partial charge in [-0.1, -0.05) is 11.6 Å². The fourth-order valence-electron chi connectivity index (χ4n) is 3.66. The van der Waals surface area contributed by atoms with Gasteiger partial charge in [-0.3, -0.25) is 4.98 Å². The molecular formula is C19H22BrClN4O2. The van der Waals surface area contributed by atoms with E-state index < -0.39 is 5.60 Å². The van der Waals surface area contributed by atoms with Crippen molar-refractivity contribution in [1.29, 1.82) is 0 Å². The van der Waals surface area contributed by atoms with Crippen LogP contribution in [0.3, 0.4) is 0 Å². The molecule has 144 valence electrons. The van der Waals surface area contributed by atoms with E-state index >= 15 is 0 Å². The van der Waals surface area contributed by atoms with Crippen LogP contribution in [0.15, 0.2) is 22.8 Å². The molecule has 0 saturated carbocycles. The number of halogens is 2. The molecule has 0 aliphatic carbocycles. The summed E-state index contributed by atoms with van der Waals surface area (Å²) in [4.78, 5) is 21.2. The van der Waals surface area contributed by atoms with Crippen LogP contribution in [0.1, 0.15) is 20.8 Å². The Bertz CT molecular complexity index is 915. The Morgan fingerprint density at radius 3 is 2.89 bits per heavy atom. The zero-order valence-corrected chi connectivity index (χ0v) is 17.9. The van der Waals surface area contributed by atoms with Crippen LogP contribution in [0.2, 0.25) is 5.02 Å². The fraction of sp³-hybridized carbons (Fsp3) is 0.474. The second-order valence-electron chi connectivity index (χ2n) is 7.96. The third kappa shape index (κ3) is 3.55. The standard InChI is InChI=1S/C19H22BrClN4O2/c1-19(2,3)27-18(26)24-4-5-25-11(10-24)8-22-16-9-23-15-7-13(20)14(21)6-12(15)17(16)25/h6-7,9,11,22H,4-5,8,10H2,1-3H3/t11-/m0/s1. The molecule has 8 heteroatoms. The number of ether oxygens (including phenoxy) is 1. The number of anilines is 2. The monoisotopic (exact) mass is 452 g/mol. The molecule has 1 atom stereocenters. The molecule has 2 aromatic rings. The van der Waals surface area contributed by atoms with Gasteiger partial charge in [0.15, 0.2) is 0 Å². The number of carbonyl (C=O) groups excluding carboxylic acids is 1. The molecule has 0 spiro atoms. The first-order valence-corrected chi connectivity index (χ1v) is 10.2. The van der Waals surface area contributed by atoms with Crippen molar-refractivity contribution in [2.75, 3.05) is 36.4 Å². The van der Waals surface area contributed by atoms with Crippen LogP contribution in [0.4, 0.5) is 16.2 Å². The first-order valence-electron chi connectivity index (χ1n) is 8.99. The van der Waals surface area contributed by atoms with Crippen LogP contribution < -0.4 is 10.2 Å². The molecule has 3 heterocycles. The molecule has 1 saturated heterocycles. The van der Waals surface area contributed by atoms with E-state index in [1.54, 1.807) is 4.90 Å². The van der Waals surface area contributed by atoms with Gasteiger partial charge in [-0.15, -0.1) is 0 Å². The Kier molecular flexibility index (Phi) is 4.63. The summed E-state index contributed by atoms with van der Waals surface area (Å²) in [5.41, 5.74) is 2.51. The number of nitrogens with one attached hydrogen (secondary N) is 1. The predicted octanol–water partition coefficient (Wildman–Crippen LogP) is 4.50. The van der Waals surface area contributed by atoms with E-state index in [1.165, 1.54) is 0 Å². The molecule has 27 heavy (non-hydrogen) atoms. The molecule has 0 radical (unpaired) electrons. The van der Waals surface area contributed by atoms with E-state index in [2.05, 4.69) is 31.1 Å². The Balaban J connectivity index is 1.64. The minimum Gasteiger partial charge on any atom is -0.444 e. The highest BCUT2D eigenvalue weighted by Crippen LogP contribution is 2.41. The highest BCUT2D eigenvalue weighted by atomic mass is 79.9. The third-order valence-electron chi connectivity index (χ3n) is 4.83. The lowest BCUT2D eigenvalue weighted by atomic mass is 10.0. The number of piperazine rings is 1. The van der Waals surface area contributed by atoms with E-state index in [4.69, 9.17) is 16.3 Å². The third-order valence-corrected chi connectivity index (χ3v) is 6.03. The van der Waals surface area contributed by atoms with Gasteiger partial charge in [0, 0.05) is 36.0 Å². The lowest BCUT2D eigenvalue weighted by Gasteiger charge is -2.46. The lowest BCUT2D eigenvalue weighted by molar-refractivity contribution is 0.0217. The summed E-state index contributed by atoms with van der Waals surface area (Å²) in [6.07, 6.45) is 1.62. The zero-order valence-electron chi connectivity index (χ0n) is 15.6. The maximum absolute atomic E-state index is 12.5. The first-order chi connectivity index (χ1) is 12.7. The average Bonchev–Trinajstić information content (AvgIpc) is 2.60. The highest BCUT2D eigenvalue weighted by molar-refractivity contribution is 9.10. The van der Waals surface area contributed by atoms with E-state index in [1.807, 2.05) is 39.1 Å². The van der Waals surface area contributed by atoms with E-state index in [0.29, 0.717) is 18.1 Å². The van der Waals surface area contributed by atoms with Gasteiger partial charge in [-0.25, -0.2) is 4.79 Å². The Morgan fingerprint density at radius 2 is 2.15 bits per heavy atom. The van der Waals surface area contributed by atoms with E-state index in [9.17, 15) is 4.79 Å². The van der Waals surface area contributed by atoms with Crippen molar-refractivity contribution in [1.82, 2.24) is 9.88 Å². The van der Waals surface area contributed by atoms with Gasteiger partial charge in [0.05, 0.1) is 34.2 Å². The topological polar surface area (TPSA) is 57.7 Å². The van der Waals surface area contributed by atoms with Crippen LogP contribution in [0, 0.1) is 0 Å². The summed E-state index contributed by atoms with van der Waals surface area (Å²) in [6, 6.07) is 4.07. The summed E-state index contributed by atoms with van der Waals surface area (Å²) in [5.74, 6) is 0. The number of hydrogen-bond donors (Lipinski definition) is 1. The van der Waals surface area contributed by atoms with Crippen LogP contribution in [0.5, 0.6) is 0 Å². The molecule has 2 aliphatic heterocycles. The molecule has 2 aliphatic rings. The van der Waals surface area contributed by atoms with Gasteiger partial charge >= 0.3 is 6.09 Å². The largest absolute Gasteiger partial charge is 0.444 e. The van der Waals surface area contributed by atoms with Gasteiger partial charge in [0.1, 0.15) is 5.60 Å². The number of carbonyl (C=O) groups is 1. The molecule has 0 unspecified atom stereocenters. The van der Waals surface area contributed by atoms with Crippen molar-refractivity contribution in [2.24, 2.45) is 0 Å². The summed E-state index contributed by atoms with van der Waals surface area (Å²) in [7, 11) is 0. The summed E-state index contributed by atoms with van der Waals surface area (Å²) < 4.78 is 6.37. The minimum absolute atomic E-state index is 0.173. The average molecular weight is 454 g/mol. The van der Waals surface area contributed by atoms with Crippen molar-refractivity contribution < 1.29 is 9.53 Å². The number of aromatic nitrogens is 1. The molecule has 4 rings (SSSR count). The van der Waals surface area contributed by atoms with Gasteiger partial charge in [-0.05, 0) is 48.8 Å². The van der Waals surface area contributed by atoms with Crippen molar-refractivity contribution in [3.05, 3.63) is 27.8 Å². The molecule has 1 aromatic heterocycles. The van der Waals surface area contributed by atoms with Crippen molar-refractivity contribution in [3.63, 3.8) is 0 Å². The molecule has 1 amide bonds. The summed E-state index contributed by atoms with van der Waals surface area (Å²) in [5, 5.41) is 5.13. The van der Waals surface area contributed by atoms with E-state index in [-0.39, 0.29) is 12.1 Å². The maximum Gasteiger partial charge on any atom is 0.410 e. The lowest BCUT2D eigenvalue weighted by Crippen LogP contribution is -2.59. The van der Waals surface area contributed by atoms with Crippen LogP contribution in [-0.4, -0.2) is 53.8 Å².